The van der Waals surface area contributed by atoms with Crippen LogP contribution < -0.4 is 5.19 Å². The second-order valence-electron chi connectivity index (χ2n) is 7.33. The highest BCUT2D eigenvalue weighted by Crippen LogP contribution is 2.18. The zero-order valence-electron chi connectivity index (χ0n) is 15.0. The van der Waals surface area contributed by atoms with E-state index in [2.05, 4.69) is 60.2 Å². The van der Waals surface area contributed by atoms with Gasteiger partial charge in [0.2, 0.25) is 0 Å². The van der Waals surface area contributed by atoms with Crippen molar-refractivity contribution in [3.63, 3.8) is 0 Å². The van der Waals surface area contributed by atoms with Gasteiger partial charge in [-0.2, -0.15) is 0 Å². The number of unbranched alkanes of at least 4 members (excludes halogenated alkanes) is 9. The van der Waals surface area contributed by atoms with Crippen molar-refractivity contribution in [2.75, 3.05) is 0 Å². The summed E-state index contributed by atoms with van der Waals surface area (Å²) in [5, 5.41) is 1.60. The Morgan fingerprint density at radius 1 is 0.818 bits per heavy atom. The van der Waals surface area contributed by atoms with Crippen LogP contribution in [-0.4, -0.2) is 8.07 Å². The third-order valence-electron chi connectivity index (χ3n) is 4.76. The van der Waals surface area contributed by atoms with Crippen molar-refractivity contribution >= 4 is 29.2 Å². The van der Waals surface area contributed by atoms with Crippen molar-refractivity contribution in [3.8, 4) is 0 Å². The molecule has 2 heteroatoms. The molecule has 0 heterocycles. The molecule has 1 rings (SSSR count). The van der Waals surface area contributed by atoms with E-state index in [4.69, 9.17) is 0 Å². The van der Waals surface area contributed by atoms with Crippen molar-refractivity contribution in [1.29, 1.82) is 0 Å². The first-order chi connectivity index (χ1) is 10.6. The number of halogens is 1. The van der Waals surface area contributed by atoms with E-state index in [1.165, 1.54) is 74.7 Å². The first-order valence-corrected chi connectivity index (χ1v) is 13.3. The van der Waals surface area contributed by atoms with E-state index in [1.54, 1.807) is 5.19 Å². The molecule has 0 aliphatic rings. The lowest BCUT2D eigenvalue weighted by Gasteiger charge is -2.23. The first kappa shape index (κ1) is 20.0. The lowest BCUT2D eigenvalue weighted by molar-refractivity contribution is 0.561. The summed E-state index contributed by atoms with van der Waals surface area (Å²) in [6.07, 6.45) is 14.3. The van der Waals surface area contributed by atoms with Crippen LogP contribution in [0.1, 0.15) is 71.1 Å². The fourth-order valence-electron chi connectivity index (χ4n) is 3.11. The Morgan fingerprint density at radius 2 is 1.36 bits per heavy atom. The van der Waals surface area contributed by atoms with Crippen molar-refractivity contribution < 1.29 is 0 Å². The molecule has 0 amide bonds. The summed E-state index contributed by atoms with van der Waals surface area (Å²) in [4.78, 5) is 0. The van der Waals surface area contributed by atoms with Crippen molar-refractivity contribution in [3.05, 3.63) is 28.7 Å². The molecule has 1 aromatic carbocycles. The van der Waals surface area contributed by atoms with E-state index in [1.807, 2.05) is 0 Å². The molecule has 0 nitrogen and oxygen atoms in total. The Labute approximate surface area is 148 Å². The van der Waals surface area contributed by atoms with Crippen LogP contribution in [0.15, 0.2) is 28.7 Å². The van der Waals surface area contributed by atoms with Gasteiger partial charge < -0.3 is 0 Å². The van der Waals surface area contributed by atoms with Gasteiger partial charge >= 0.3 is 0 Å². The Bertz CT molecular complexity index is 400. The highest BCUT2D eigenvalue weighted by Gasteiger charge is 2.22. The van der Waals surface area contributed by atoms with Gasteiger partial charge in [-0.3, -0.25) is 0 Å². The van der Waals surface area contributed by atoms with Gasteiger partial charge in [0.25, 0.3) is 0 Å². The zero-order valence-corrected chi connectivity index (χ0v) is 17.6. The normalized spacial score (nSPS) is 11.8. The lowest BCUT2D eigenvalue weighted by Crippen LogP contribution is -2.40. The van der Waals surface area contributed by atoms with Gasteiger partial charge in [-0.1, -0.05) is 124 Å². The Balaban J connectivity index is 2.08. The van der Waals surface area contributed by atoms with Gasteiger partial charge in [0, 0.05) is 4.47 Å². The molecule has 126 valence electrons. The molecule has 0 fully saturated rings. The SMILES string of the molecule is CCCCCCCCCCCC[Si](C)(C)c1cccc(Br)c1. The van der Waals surface area contributed by atoms with Crippen LogP contribution >= 0.6 is 15.9 Å². The molecule has 0 saturated heterocycles. The van der Waals surface area contributed by atoms with Gasteiger partial charge in [0.05, 0.1) is 8.07 Å². The minimum absolute atomic E-state index is 1.23. The van der Waals surface area contributed by atoms with Gasteiger partial charge in [-0.05, 0) is 12.1 Å². The summed E-state index contributed by atoms with van der Waals surface area (Å²) >= 11 is 3.61. The number of hydrogen-bond donors (Lipinski definition) is 0. The highest BCUT2D eigenvalue weighted by molar-refractivity contribution is 9.10. The topological polar surface area (TPSA) is 0 Å². The monoisotopic (exact) mass is 382 g/mol. The molecule has 0 atom stereocenters. The van der Waals surface area contributed by atoms with Gasteiger partial charge in [-0.25, -0.2) is 0 Å². The molecule has 0 spiro atoms. The Kier molecular flexibility index (Phi) is 10.4. The largest absolute Gasteiger partial charge is 0.0806 e. The molecule has 0 N–H and O–H groups in total. The summed E-state index contributed by atoms with van der Waals surface area (Å²) in [5.74, 6) is 0. The lowest BCUT2D eigenvalue weighted by atomic mass is 10.1. The molecule has 0 bridgehead atoms. The molecule has 1 aromatic rings. The van der Waals surface area contributed by atoms with Gasteiger partial charge in [0.15, 0.2) is 0 Å². The third kappa shape index (κ3) is 8.52. The van der Waals surface area contributed by atoms with Crippen LogP contribution in [0.3, 0.4) is 0 Å². The molecular weight excluding hydrogens is 348 g/mol. The maximum Gasteiger partial charge on any atom is 0.0806 e. The van der Waals surface area contributed by atoms with Crippen LogP contribution in [0, 0.1) is 0 Å². The second-order valence-corrected chi connectivity index (χ2v) is 13.1. The average Bonchev–Trinajstić information content (AvgIpc) is 2.49. The summed E-state index contributed by atoms with van der Waals surface area (Å²) in [5.41, 5.74) is 0. The van der Waals surface area contributed by atoms with E-state index in [0.717, 1.165) is 0 Å². The van der Waals surface area contributed by atoms with Crippen LogP contribution in [0.5, 0.6) is 0 Å². The van der Waals surface area contributed by atoms with Gasteiger partial charge in [0.1, 0.15) is 0 Å². The molecule has 0 aliphatic heterocycles. The molecular formula is C20H35BrSi. The van der Waals surface area contributed by atoms with Crippen LogP contribution in [0.2, 0.25) is 19.1 Å². The predicted molar refractivity (Wildman–Crippen MR) is 108 cm³/mol. The highest BCUT2D eigenvalue weighted by atomic mass is 79.9. The van der Waals surface area contributed by atoms with Crippen molar-refractivity contribution in [2.24, 2.45) is 0 Å². The Hall–Kier alpha value is -0.0831. The number of benzene rings is 1. The first-order valence-electron chi connectivity index (χ1n) is 9.32. The quantitative estimate of drug-likeness (QED) is 0.263. The van der Waals surface area contributed by atoms with Crippen molar-refractivity contribution in [1.82, 2.24) is 0 Å². The molecule has 0 radical (unpaired) electrons. The molecule has 0 saturated carbocycles. The smallest absolute Gasteiger partial charge is 0.0654 e. The summed E-state index contributed by atoms with van der Waals surface area (Å²) in [6.45, 7) is 7.32. The maximum atomic E-state index is 3.61. The summed E-state index contributed by atoms with van der Waals surface area (Å²) < 4.78 is 1.23. The van der Waals surface area contributed by atoms with Crippen molar-refractivity contribution in [2.45, 2.75) is 90.3 Å². The van der Waals surface area contributed by atoms with Crippen LogP contribution in [-0.2, 0) is 0 Å². The molecule has 22 heavy (non-hydrogen) atoms. The molecule has 0 aliphatic carbocycles. The van der Waals surface area contributed by atoms with Gasteiger partial charge in [-0.15, -0.1) is 0 Å². The standard InChI is InChI=1S/C20H35BrSi/c1-4-5-6-7-8-9-10-11-12-13-17-22(2,3)20-16-14-15-19(21)18-20/h14-16,18H,4-13,17H2,1-3H3. The zero-order chi connectivity index (χ0) is 16.3. The minimum atomic E-state index is -1.23. The van der Waals surface area contributed by atoms with E-state index in [0.29, 0.717) is 0 Å². The minimum Gasteiger partial charge on any atom is -0.0654 e. The summed E-state index contributed by atoms with van der Waals surface area (Å²) in [6, 6.07) is 10.4. The molecule has 0 aromatic heterocycles. The van der Waals surface area contributed by atoms with E-state index in [-0.39, 0.29) is 0 Å². The number of hydrogen-bond acceptors (Lipinski definition) is 0. The van der Waals surface area contributed by atoms with E-state index in [9.17, 15) is 0 Å². The summed E-state index contributed by atoms with van der Waals surface area (Å²) in [7, 11) is -1.23. The third-order valence-corrected chi connectivity index (χ3v) is 8.73. The second kappa shape index (κ2) is 11.5. The predicted octanol–water partition coefficient (Wildman–Crippen LogP) is 7.29. The maximum absolute atomic E-state index is 3.61. The van der Waals surface area contributed by atoms with Crippen LogP contribution in [0.25, 0.3) is 0 Å². The van der Waals surface area contributed by atoms with E-state index < -0.39 is 8.07 Å². The van der Waals surface area contributed by atoms with E-state index >= 15 is 0 Å². The fraction of sp³-hybridized carbons (Fsp3) is 0.700. The Morgan fingerprint density at radius 3 is 1.91 bits per heavy atom. The number of rotatable bonds is 12. The fourth-order valence-corrected chi connectivity index (χ4v) is 6.23. The molecule has 0 unspecified atom stereocenters. The van der Waals surface area contributed by atoms with Crippen LogP contribution in [0.4, 0.5) is 0 Å². The average molecular weight is 383 g/mol.